The third kappa shape index (κ3) is 2.93. The fourth-order valence-corrected chi connectivity index (χ4v) is 6.57. The molecule has 0 aliphatic carbocycles. The summed E-state index contributed by atoms with van der Waals surface area (Å²) in [6.07, 6.45) is 0. The Hall–Kier alpha value is -4.62. The van der Waals surface area contributed by atoms with Crippen molar-refractivity contribution in [1.29, 1.82) is 0 Å². The first-order valence-electron chi connectivity index (χ1n) is 13.4. The van der Waals surface area contributed by atoms with E-state index in [1.807, 2.05) is 0 Å². The van der Waals surface area contributed by atoms with Gasteiger partial charge in [-0.25, -0.2) is 0 Å². The molecule has 1 heteroatoms. The lowest BCUT2D eigenvalue weighted by molar-refractivity contribution is 0.630. The Morgan fingerprint density at radius 1 is 0.474 bits per heavy atom. The molecule has 0 saturated heterocycles. The van der Waals surface area contributed by atoms with E-state index in [0.717, 1.165) is 0 Å². The van der Waals surface area contributed by atoms with Crippen molar-refractivity contribution in [3.63, 3.8) is 0 Å². The summed E-state index contributed by atoms with van der Waals surface area (Å²) in [6, 6.07) is 46.9. The van der Waals surface area contributed by atoms with Crippen LogP contribution in [0.2, 0.25) is 0 Å². The van der Waals surface area contributed by atoms with Gasteiger partial charge in [0.15, 0.2) is 0 Å². The molecule has 0 spiro atoms. The molecule has 0 amide bonds. The highest BCUT2D eigenvalue weighted by molar-refractivity contribution is 6.12. The molecule has 7 aromatic rings. The van der Waals surface area contributed by atoms with Gasteiger partial charge in [-0.1, -0.05) is 117 Å². The number of rotatable bonds is 2. The highest BCUT2D eigenvalue weighted by atomic mass is 15.0. The van der Waals surface area contributed by atoms with Crippen LogP contribution in [0.15, 0.2) is 127 Å². The van der Waals surface area contributed by atoms with E-state index in [9.17, 15) is 0 Å². The molecule has 0 fully saturated rings. The van der Waals surface area contributed by atoms with Crippen molar-refractivity contribution in [3.8, 4) is 27.9 Å². The predicted molar refractivity (Wildman–Crippen MR) is 161 cm³/mol. The molecule has 0 radical (unpaired) electrons. The van der Waals surface area contributed by atoms with E-state index in [0.29, 0.717) is 0 Å². The first-order chi connectivity index (χ1) is 18.6. The van der Waals surface area contributed by atoms with Crippen molar-refractivity contribution in [2.45, 2.75) is 19.3 Å². The molecule has 0 saturated carbocycles. The lowest BCUT2D eigenvalue weighted by atomic mass is 9.75. The van der Waals surface area contributed by atoms with Gasteiger partial charge in [-0.3, -0.25) is 0 Å². The fraction of sp³-hybridized carbons (Fsp3) is 0.0811. The summed E-state index contributed by atoms with van der Waals surface area (Å²) in [4.78, 5) is 0. The van der Waals surface area contributed by atoms with Crippen molar-refractivity contribution in [2.24, 2.45) is 0 Å². The molecule has 38 heavy (non-hydrogen) atoms. The normalized spacial score (nSPS) is 13.7. The topological polar surface area (TPSA) is 4.93 Å². The van der Waals surface area contributed by atoms with Crippen LogP contribution in [-0.4, -0.2) is 4.57 Å². The molecule has 1 aliphatic heterocycles. The van der Waals surface area contributed by atoms with Gasteiger partial charge >= 0.3 is 0 Å². The third-order valence-corrected chi connectivity index (χ3v) is 8.58. The smallest absolute Gasteiger partial charge is 0.0582 e. The fourth-order valence-electron chi connectivity index (χ4n) is 6.57. The number of fused-ring (bicyclic) bond motifs is 6. The predicted octanol–water partition coefficient (Wildman–Crippen LogP) is 9.91. The van der Waals surface area contributed by atoms with Crippen LogP contribution in [0.3, 0.4) is 0 Å². The zero-order valence-electron chi connectivity index (χ0n) is 21.6. The number of para-hydroxylation sites is 2. The van der Waals surface area contributed by atoms with Crippen LogP contribution in [0, 0.1) is 0 Å². The minimum absolute atomic E-state index is 0.0398. The van der Waals surface area contributed by atoms with E-state index in [2.05, 4.69) is 146 Å². The van der Waals surface area contributed by atoms with Crippen LogP contribution in [0.5, 0.6) is 0 Å². The highest BCUT2D eigenvalue weighted by Gasteiger charge is 2.34. The molecule has 1 aliphatic rings. The highest BCUT2D eigenvalue weighted by Crippen LogP contribution is 2.47. The first kappa shape index (κ1) is 21.5. The quantitative estimate of drug-likeness (QED) is 0.230. The van der Waals surface area contributed by atoms with E-state index in [1.165, 1.54) is 71.6 Å². The largest absolute Gasteiger partial charge is 0.309 e. The maximum atomic E-state index is 2.48. The number of aromatic nitrogens is 1. The Bertz CT molecular complexity index is 2040. The minimum Gasteiger partial charge on any atom is -0.309 e. The van der Waals surface area contributed by atoms with Gasteiger partial charge in [0.2, 0.25) is 0 Å². The zero-order valence-corrected chi connectivity index (χ0v) is 21.6. The molecule has 2 heterocycles. The van der Waals surface area contributed by atoms with Gasteiger partial charge in [0.25, 0.3) is 0 Å². The van der Waals surface area contributed by atoms with Gasteiger partial charge in [0, 0.05) is 16.2 Å². The monoisotopic (exact) mass is 485 g/mol. The Morgan fingerprint density at radius 3 is 1.92 bits per heavy atom. The Kier molecular flexibility index (Phi) is 4.35. The van der Waals surface area contributed by atoms with E-state index in [4.69, 9.17) is 0 Å². The summed E-state index contributed by atoms with van der Waals surface area (Å²) in [6.45, 7) is 4.70. The average molecular weight is 486 g/mol. The maximum absolute atomic E-state index is 2.48. The summed E-state index contributed by atoms with van der Waals surface area (Å²) in [5, 5.41) is 5.19. The molecule has 0 atom stereocenters. The van der Waals surface area contributed by atoms with Crippen molar-refractivity contribution in [3.05, 3.63) is 139 Å². The van der Waals surface area contributed by atoms with E-state index >= 15 is 0 Å². The van der Waals surface area contributed by atoms with Gasteiger partial charge in [-0.2, -0.15) is 0 Å². The van der Waals surface area contributed by atoms with Crippen molar-refractivity contribution < 1.29 is 0 Å². The molecule has 0 unspecified atom stereocenters. The van der Waals surface area contributed by atoms with E-state index < -0.39 is 0 Å². The molecule has 180 valence electrons. The zero-order chi connectivity index (χ0) is 25.4. The second kappa shape index (κ2) is 7.69. The molecule has 1 nitrogen and oxygen atoms in total. The molecule has 8 rings (SSSR count). The lowest BCUT2D eigenvalue weighted by Gasteiger charge is -2.34. The van der Waals surface area contributed by atoms with Gasteiger partial charge in [-0.15, -0.1) is 0 Å². The van der Waals surface area contributed by atoms with Gasteiger partial charge in [-0.05, 0) is 68.4 Å². The van der Waals surface area contributed by atoms with Crippen LogP contribution in [0.4, 0.5) is 0 Å². The minimum atomic E-state index is -0.0398. The van der Waals surface area contributed by atoms with Crippen LogP contribution in [0.1, 0.15) is 25.0 Å². The van der Waals surface area contributed by atoms with Crippen molar-refractivity contribution >= 4 is 32.6 Å². The summed E-state index contributed by atoms with van der Waals surface area (Å²) in [5.41, 5.74) is 11.6. The summed E-state index contributed by atoms with van der Waals surface area (Å²) in [5.74, 6) is 0. The Labute approximate surface area is 222 Å². The molecular weight excluding hydrogens is 458 g/mol. The van der Waals surface area contributed by atoms with Crippen molar-refractivity contribution in [2.75, 3.05) is 0 Å². The number of benzene rings is 6. The van der Waals surface area contributed by atoms with Crippen LogP contribution >= 0.6 is 0 Å². The maximum Gasteiger partial charge on any atom is 0.0582 e. The lowest BCUT2D eigenvalue weighted by Crippen LogP contribution is -2.26. The summed E-state index contributed by atoms with van der Waals surface area (Å²) < 4.78 is 2.48. The standard InChI is InChI=1S/C37H27N/c1-37(2)32-11-5-6-13-35(32)38-34-21-20-29(23-31(34)30-10-7-12-33(37)36(30)38)26-16-14-25(15-17-26)28-19-18-24-8-3-4-9-27(24)22-28/h3-23H,1-2H3. The summed E-state index contributed by atoms with van der Waals surface area (Å²) in [7, 11) is 0. The number of hydrogen-bond donors (Lipinski definition) is 0. The molecule has 0 bridgehead atoms. The first-order valence-corrected chi connectivity index (χ1v) is 13.4. The second-order valence-corrected chi connectivity index (χ2v) is 11.1. The average Bonchev–Trinajstić information content (AvgIpc) is 3.30. The molecule has 6 aromatic carbocycles. The van der Waals surface area contributed by atoms with E-state index in [1.54, 1.807) is 0 Å². The van der Waals surface area contributed by atoms with Crippen LogP contribution in [0.25, 0.3) is 60.5 Å². The van der Waals surface area contributed by atoms with E-state index in [-0.39, 0.29) is 5.41 Å². The number of nitrogens with zero attached hydrogens (tertiary/aromatic N) is 1. The van der Waals surface area contributed by atoms with Gasteiger partial charge < -0.3 is 4.57 Å². The molecular formula is C37H27N. The molecule has 0 N–H and O–H groups in total. The Balaban J connectivity index is 1.27. The third-order valence-electron chi connectivity index (χ3n) is 8.58. The molecule has 1 aromatic heterocycles. The second-order valence-electron chi connectivity index (χ2n) is 11.1. The number of hydrogen-bond acceptors (Lipinski definition) is 0. The SMILES string of the molecule is CC1(C)c2ccccc2-n2c3ccc(-c4ccc(-c5ccc6ccccc6c5)cc4)cc3c3cccc1c32. The summed E-state index contributed by atoms with van der Waals surface area (Å²) >= 11 is 0. The van der Waals surface area contributed by atoms with Crippen LogP contribution < -0.4 is 0 Å². The van der Waals surface area contributed by atoms with Gasteiger partial charge in [0.05, 0.1) is 16.7 Å². The van der Waals surface area contributed by atoms with Crippen molar-refractivity contribution in [1.82, 2.24) is 4.57 Å². The van der Waals surface area contributed by atoms with Gasteiger partial charge in [0.1, 0.15) is 0 Å². The Morgan fingerprint density at radius 2 is 1.11 bits per heavy atom. The van der Waals surface area contributed by atoms with Crippen LogP contribution in [-0.2, 0) is 5.41 Å².